The van der Waals surface area contributed by atoms with Crippen LogP contribution < -0.4 is 15.4 Å². The molecule has 0 spiro atoms. The first-order chi connectivity index (χ1) is 17.2. The van der Waals surface area contributed by atoms with E-state index in [-0.39, 0.29) is 12.1 Å². The third-order valence-corrected chi connectivity index (χ3v) is 6.64. The first-order valence-corrected chi connectivity index (χ1v) is 12.2. The van der Waals surface area contributed by atoms with Gasteiger partial charge in [0.1, 0.15) is 5.75 Å². The van der Waals surface area contributed by atoms with Crippen LogP contribution in [0.1, 0.15) is 29.9 Å². The van der Waals surface area contributed by atoms with Gasteiger partial charge in [-0.1, -0.05) is 30.3 Å². The van der Waals surface area contributed by atoms with Crippen LogP contribution in [0.2, 0.25) is 0 Å². The second-order valence-electron chi connectivity index (χ2n) is 8.47. The minimum absolute atomic E-state index is 0.00433. The molecule has 2 N–H and O–H groups in total. The van der Waals surface area contributed by atoms with Gasteiger partial charge in [-0.3, -0.25) is 4.98 Å². The number of nitrogens with zero attached hydrogens (tertiary/aromatic N) is 3. The molecule has 0 amide bonds. The molecule has 0 saturated carbocycles. The van der Waals surface area contributed by atoms with E-state index in [9.17, 15) is 0 Å². The van der Waals surface area contributed by atoms with E-state index in [4.69, 9.17) is 17.0 Å². The summed E-state index contributed by atoms with van der Waals surface area (Å²) < 4.78 is 7.69. The maximum atomic E-state index is 5.85. The molecule has 0 unspecified atom stereocenters. The van der Waals surface area contributed by atoms with Crippen LogP contribution in [0.5, 0.6) is 5.75 Å². The molecule has 6 nitrogen and oxygen atoms in total. The highest BCUT2D eigenvalue weighted by molar-refractivity contribution is 7.80. The fourth-order valence-electron chi connectivity index (χ4n) is 4.64. The molecule has 2 aromatic heterocycles. The minimum Gasteiger partial charge on any atom is -0.497 e. The fourth-order valence-corrected chi connectivity index (χ4v) is 4.97. The lowest BCUT2D eigenvalue weighted by Crippen LogP contribution is -2.32. The zero-order valence-electron chi connectivity index (χ0n) is 19.7. The predicted octanol–water partition coefficient (Wildman–Crippen LogP) is 5.36. The van der Waals surface area contributed by atoms with E-state index in [0.717, 1.165) is 53.1 Å². The largest absolute Gasteiger partial charge is 0.497 e. The molecule has 0 bridgehead atoms. The molecule has 0 aliphatic carbocycles. The first kappa shape index (κ1) is 22.9. The van der Waals surface area contributed by atoms with Crippen LogP contribution in [0.15, 0.2) is 97.3 Å². The molecule has 35 heavy (non-hydrogen) atoms. The SMILES string of the molecule is COc1cccc(-n2cccc2[C@H]2[C@@H](c3ccccn3)NC(=S)N2CCCNc2ccccc2)c1. The van der Waals surface area contributed by atoms with E-state index in [1.807, 2.05) is 54.7 Å². The number of aromatic nitrogens is 2. The molecule has 2 atom stereocenters. The van der Waals surface area contributed by atoms with Gasteiger partial charge in [0, 0.05) is 48.6 Å². The van der Waals surface area contributed by atoms with Crippen LogP contribution in [-0.2, 0) is 0 Å². The summed E-state index contributed by atoms with van der Waals surface area (Å²) in [5, 5.41) is 7.81. The second kappa shape index (κ2) is 10.6. The van der Waals surface area contributed by atoms with E-state index in [2.05, 4.69) is 67.7 Å². The average molecular weight is 484 g/mol. The Labute approximate surface area is 211 Å². The van der Waals surface area contributed by atoms with Gasteiger partial charge < -0.3 is 24.8 Å². The number of ether oxygens (including phenoxy) is 1. The van der Waals surface area contributed by atoms with E-state index in [0.29, 0.717) is 0 Å². The number of benzene rings is 2. The van der Waals surface area contributed by atoms with Gasteiger partial charge in [-0.25, -0.2) is 0 Å². The molecule has 3 heterocycles. The monoisotopic (exact) mass is 483 g/mol. The smallest absolute Gasteiger partial charge is 0.170 e. The number of nitrogens with one attached hydrogen (secondary N) is 2. The Hall–Kier alpha value is -3.84. The van der Waals surface area contributed by atoms with Gasteiger partial charge in [-0.15, -0.1) is 0 Å². The topological polar surface area (TPSA) is 54.4 Å². The Morgan fingerprint density at radius 3 is 2.66 bits per heavy atom. The number of pyridine rings is 1. The summed E-state index contributed by atoms with van der Waals surface area (Å²) in [6.07, 6.45) is 4.88. The Balaban J connectivity index is 1.43. The van der Waals surface area contributed by atoms with Crippen LogP contribution in [-0.4, -0.2) is 39.8 Å². The zero-order valence-corrected chi connectivity index (χ0v) is 20.5. The molecule has 1 saturated heterocycles. The molecular weight excluding hydrogens is 454 g/mol. The van der Waals surface area contributed by atoms with Crippen molar-refractivity contribution in [3.63, 3.8) is 0 Å². The van der Waals surface area contributed by atoms with Crippen molar-refractivity contribution in [2.45, 2.75) is 18.5 Å². The minimum atomic E-state index is -0.0509. The maximum absolute atomic E-state index is 5.85. The highest BCUT2D eigenvalue weighted by atomic mass is 32.1. The van der Waals surface area contributed by atoms with Crippen molar-refractivity contribution in [1.82, 2.24) is 19.8 Å². The van der Waals surface area contributed by atoms with Crippen molar-refractivity contribution in [2.75, 3.05) is 25.5 Å². The van der Waals surface area contributed by atoms with E-state index >= 15 is 0 Å². The summed E-state index contributed by atoms with van der Waals surface area (Å²) in [5.41, 5.74) is 4.30. The lowest BCUT2D eigenvalue weighted by molar-refractivity contribution is 0.307. The lowest BCUT2D eigenvalue weighted by Gasteiger charge is -2.29. The maximum Gasteiger partial charge on any atom is 0.170 e. The third-order valence-electron chi connectivity index (χ3n) is 6.29. The molecule has 5 rings (SSSR count). The Morgan fingerprint density at radius 1 is 1.00 bits per heavy atom. The Morgan fingerprint density at radius 2 is 1.86 bits per heavy atom. The van der Waals surface area contributed by atoms with Gasteiger partial charge in [0.2, 0.25) is 0 Å². The van der Waals surface area contributed by atoms with Crippen LogP contribution in [0.25, 0.3) is 5.69 Å². The molecule has 1 fully saturated rings. The van der Waals surface area contributed by atoms with E-state index in [1.165, 1.54) is 0 Å². The first-order valence-electron chi connectivity index (χ1n) is 11.8. The van der Waals surface area contributed by atoms with Crippen molar-refractivity contribution in [1.29, 1.82) is 0 Å². The lowest BCUT2D eigenvalue weighted by atomic mass is 10.0. The van der Waals surface area contributed by atoms with Crippen LogP contribution in [0.4, 0.5) is 5.69 Å². The predicted molar refractivity (Wildman–Crippen MR) is 144 cm³/mol. The van der Waals surface area contributed by atoms with Crippen molar-refractivity contribution in [3.05, 3.63) is 109 Å². The number of anilines is 1. The van der Waals surface area contributed by atoms with Gasteiger partial charge in [-0.2, -0.15) is 0 Å². The highest BCUT2D eigenvalue weighted by Gasteiger charge is 2.40. The molecule has 4 aromatic rings. The molecule has 1 aliphatic heterocycles. The van der Waals surface area contributed by atoms with Gasteiger partial charge in [0.25, 0.3) is 0 Å². The van der Waals surface area contributed by atoms with Crippen molar-refractivity contribution < 1.29 is 4.74 Å². The Bertz CT molecular complexity index is 1260. The third kappa shape index (κ3) is 5.00. The zero-order chi connectivity index (χ0) is 24.0. The number of thiocarbonyl (C=S) groups is 1. The van der Waals surface area contributed by atoms with Gasteiger partial charge in [0.15, 0.2) is 5.11 Å². The summed E-state index contributed by atoms with van der Waals surface area (Å²) in [5.74, 6) is 0.826. The van der Waals surface area contributed by atoms with Gasteiger partial charge in [0.05, 0.1) is 24.9 Å². The normalized spacial score (nSPS) is 17.3. The number of para-hydroxylation sites is 1. The molecule has 178 valence electrons. The number of hydrogen-bond donors (Lipinski definition) is 2. The number of hydrogen-bond acceptors (Lipinski definition) is 4. The van der Waals surface area contributed by atoms with Gasteiger partial charge in [-0.05, 0) is 67.2 Å². The van der Waals surface area contributed by atoms with E-state index < -0.39 is 0 Å². The quantitative estimate of drug-likeness (QED) is 0.247. The molecular formula is C28H29N5OS. The fraction of sp³-hybridized carbons (Fsp3) is 0.214. The highest BCUT2D eigenvalue weighted by Crippen LogP contribution is 2.39. The van der Waals surface area contributed by atoms with Crippen LogP contribution >= 0.6 is 12.2 Å². The van der Waals surface area contributed by atoms with Crippen molar-refractivity contribution >= 4 is 23.0 Å². The molecule has 2 aromatic carbocycles. The summed E-state index contributed by atoms with van der Waals surface area (Å²) in [4.78, 5) is 6.96. The van der Waals surface area contributed by atoms with Crippen LogP contribution in [0, 0.1) is 0 Å². The Kier molecular flexibility index (Phi) is 6.95. The van der Waals surface area contributed by atoms with E-state index in [1.54, 1.807) is 7.11 Å². The number of methoxy groups -OCH3 is 1. The van der Waals surface area contributed by atoms with Crippen molar-refractivity contribution in [2.24, 2.45) is 0 Å². The summed E-state index contributed by atoms with van der Waals surface area (Å²) >= 11 is 5.85. The standard InChI is InChI=1S/C28H29N5OS/c1-34-23-13-7-12-22(20-23)32-18-8-15-25(32)27-26(24-14-5-6-16-30-24)31-28(35)33(27)19-9-17-29-21-10-3-2-4-11-21/h2-8,10-16,18,20,26-27,29H,9,17,19H2,1H3,(H,31,35)/t26-,27+/m1/s1. The molecule has 1 aliphatic rings. The van der Waals surface area contributed by atoms with Crippen molar-refractivity contribution in [3.8, 4) is 11.4 Å². The molecule has 0 radical (unpaired) electrons. The average Bonchev–Trinajstić information content (AvgIpc) is 3.52. The summed E-state index contributed by atoms with van der Waals surface area (Å²) in [6.45, 7) is 1.68. The summed E-state index contributed by atoms with van der Waals surface area (Å²) in [7, 11) is 1.69. The molecule has 7 heteroatoms. The van der Waals surface area contributed by atoms with Crippen LogP contribution in [0.3, 0.4) is 0 Å². The summed E-state index contributed by atoms with van der Waals surface area (Å²) in [6, 6.07) is 28.6. The number of rotatable bonds is 9. The second-order valence-corrected chi connectivity index (χ2v) is 8.86. The van der Waals surface area contributed by atoms with Gasteiger partial charge >= 0.3 is 0 Å².